The van der Waals surface area contributed by atoms with E-state index in [0.29, 0.717) is 12.1 Å². The van der Waals surface area contributed by atoms with Gasteiger partial charge in [-0.15, -0.1) is 0 Å². The van der Waals surface area contributed by atoms with E-state index in [1.54, 1.807) is 0 Å². The van der Waals surface area contributed by atoms with Crippen molar-refractivity contribution in [3.05, 3.63) is 35.9 Å². The summed E-state index contributed by atoms with van der Waals surface area (Å²) in [6, 6.07) is 12.0. The predicted octanol–water partition coefficient (Wildman–Crippen LogP) is 2.21. The maximum Gasteiger partial charge on any atom is 0.0233 e. The van der Waals surface area contributed by atoms with Crippen LogP contribution in [0.5, 0.6) is 0 Å². The lowest BCUT2D eigenvalue weighted by Crippen LogP contribution is -2.55. The quantitative estimate of drug-likeness (QED) is 0.831. The third-order valence-corrected chi connectivity index (χ3v) is 3.39. The Hall–Kier alpha value is -0.860. The highest BCUT2D eigenvalue weighted by molar-refractivity contribution is 5.16. The average Bonchev–Trinajstić information content (AvgIpc) is 2.32. The summed E-state index contributed by atoms with van der Waals surface area (Å²) in [5.41, 5.74) is 1.43. The average molecular weight is 232 g/mol. The van der Waals surface area contributed by atoms with Crippen LogP contribution in [0.15, 0.2) is 30.3 Å². The molecule has 2 atom stereocenters. The molecular weight excluding hydrogens is 208 g/mol. The van der Waals surface area contributed by atoms with Gasteiger partial charge < -0.3 is 10.6 Å². The molecular formula is C15H24N2. The van der Waals surface area contributed by atoms with Crippen LogP contribution in [0.1, 0.15) is 25.8 Å². The molecule has 0 amide bonds. The molecule has 0 bridgehead atoms. The molecule has 2 nitrogen and oxygen atoms in total. The van der Waals surface area contributed by atoms with Crippen molar-refractivity contribution >= 4 is 0 Å². The summed E-state index contributed by atoms with van der Waals surface area (Å²) >= 11 is 0. The monoisotopic (exact) mass is 232 g/mol. The third-order valence-electron chi connectivity index (χ3n) is 3.39. The van der Waals surface area contributed by atoms with E-state index in [9.17, 15) is 0 Å². The second-order valence-electron chi connectivity index (χ2n) is 5.53. The molecule has 1 fully saturated rings. The second-order valence-corrected chi connectivity index (χ2v) is 5.53. The Kier molecular flexibility index (Phi) is 4.57. The Morgan fingerprint density at radius 2 is 1.71 bits per heavy atom. The number of hydrogen-bond donors (Lipinski definition) is 2. The fourth-order valence-corrected chi connectivity index (χ4v) is 2.54. The van der Waals surface area contributed by atoms with E-state index in [1.165, 1.54) is 12.0 Å². The molecule has 1 aromatic carbocycles. The van der Waals surface area contributed by atoms with Crippen LogP contribution >= 0.6 is 0 Å². The van der Waals surface area contributed by atoms with Crippen molar-refractivity contribution in [3.63, 3.8) is 0 Å². The van der Waals surface area contributed by atoms with Gasteiger partial charge in [-0.05, 0) is 24.3 Å². The smallest absolute Gasteiger partial charge is 0.0233 e. The lowest BCUT2D eigenvalue weighted by Gasteiger charge is -2.32. The van der Waals surface area contributed by atoms with Crippen LogP contribution in [0.25, 0.3) is 0 Å². The molecule has 1 saturated heterocycles. The van der Waals surface area contributed by atoms with Crippen molar-refractivity contribution in [2.24, 2.45) is 5.92 Å². The van der Waals surface area contributed by atoms with E-state index in [-0.39, 0.29) is 0 Å². The zero-order valence-corrected chi connectivity index (χ0v) is 10.9. The number of rotatable bonds is 4. The molecule has 2 N–H and O–H groups in total. The van der Waals surface area contributed by atoms with Crippen molar-refractivity contribution in [2.45, 2.75) is 38.8 Å². The standard InChI is InChI=1S/C15H24N2/c1-12(2)8-14-10-17-15(11-16-14)9-13-6-4-3-5-7-13/h3-7,12,14-17H,8-11H2,1-2H3. The molecule has 0 spiro atoms. The van der Waals surface area contributed by atoms with Gasteiger partial charge in [0.2, 0.25) is 0 Å². The van der Waals surface area contributed by atoms with E-state index in [1.807, 2.05) is 0 Å². The SMILES string of the molecule is CC(C)CC1CNC(Cc2ccccc2)CN1. The molecule has 2 rings (SSSR count). The number of nitrogens with one attached hydrogen (secondary N) is 2. The van der Waals surface area contributed by atoms with Gasteiger partial charge in [-0.3, -0.25) is 0 Å². The van der Waals surface area contributed by atoms with Crippen molar-refractivity contribution in [1.29, 1.82) is 0 Å². The van der Waals surface area contributed by atoms with Gasteiger partial charge in [0, 0.05) is 25.2 Å². The number of hydrogen-bond acceptors (Lipinski definition) is 2. The molecule has 94 valence electrons. The molecule has 17 heavy (non-hydrogen) atoms. The first-order valence-corrected chi connectivity index (χ1v) is 6.74. The van der Waals surface area contributed by atoms with Crippen molar-refractivity contribution < 1.29 is 0 Å². The largest absolute Gasteiger partial charge is 0.311 e. The van der Waals surface area contributed by atoms with Gasteiger partial charge in [-0.2, -0.15) is 0 Å². The van der Waals surface area contributed by atoms with Crippen LogP contribution in [0.4, 0.5) is 0 Å². The summed E-state index contributed by atoms with van der Waals surface area (Å²) in [4.78, 5) is 0. The van der Waals surface area contributed by atoms with Crippen molar-refractivity contribution in [1.82, 2.24) is 10.6 Å². The minimum Gasteiger partial charge on any atom is -0.311 e. The normalized spacial score (nSPS) is 25.1. The van der Waals surface area contributed by atoms with Gasteiger partial charge in [0.25, 0.3) is 0 Å². The van der Waals surface area contributed by atoms with E-state index in [0.717, 1.165) is 25.4 Å². The summed E-state index contributed by atoms with van der Waals surface area (Å²) in [5, 5.41) is 7.32. The maximum absolute atomic E-state index is 3.66. The lowest BCUT2D eigenvalue weighted by molar-refractivity contribution is 0.310. The Morgan fingerprint density at radius 1 is 1.06 bits per heavy atom. The second kappa shape index (κ2) is 6.18. The van der Waals surface area contributed by atoms with Crippen LogP contribution in [-0.2, 0) is 6.42 Å². The highest BCUT2D eigenvalue weighted by atomic mass is 15.1. The van der Waals surface area contributed by atoms with E-state index in [2.05, 4.69) is 54.8 Å². The predicted molar refractivity (Wildman–Crippen MR) is 73.2 cm³/mol. The van der Waals surface area contributed by atoms with Gasteiger partial charge in [-0.1, -0.05) is 44.2 Å². The van der Waals surface area contributed by atoms with E-state index in [4.69, 9.17) is 0 Å². The van der Waals surface area contributed by atoms with Crippen LogP contribution in [0.2, 0.25) is 0 Å². The minimum absolute atomic E-state index is 0.584. The van der Waals surface area contributed by atoms with E-state index < -0.39 is 0 Å². The number of piperazine rings is 1. The van der Waals surface area contributed by atoms with Crippen LogP contribution < -0.4 is 10.6 Å². The fraction of sp³-hybridized carbons (Fsp3) is 0.600. The molecule has 0 aromatic heterocycles. The molecule has 2 unspecified atom stereocenters. The third kappa shape index (κ3) is 4.14. The Labute approximate surface area is 105 Å². The van der Waals surface area contributed by atoms with Gasteiger partial charge in [0.1, 0.15) is 0 Å². The van der Waals surface area contributed by atoms with Crippen LogP contribution in [0.3, 0.4) is 0 Å². The van der Waals surface area contributed by atoms with Gasteiger partial charge in [-0.25, -0.2) is 0 Å². The Balaban J connectivity index is 1.76. The summed E-state index contributed by atoms with van der Waals surface area (Å²) in [7, 11) is 0. The maximum atomic E-state index is 3.66. The minimum atomic E-state index is 0.584. The first kappa shape index (κ1) is 12.6. The molecule has 0 radical (unpaired) electrons. The van der Waals surface area contributed by atoms with Gasteiger partial charge in [0.15, 0.2) is 0 Å². The summed E-state index contributed by atoms with van der Waals surface area (Å²) in [6.45, 7) is 6.78. The first-order chi connectivity index (χ1) is 8.24. The molecule has 2 heteroatoms. The zero-order valence-electron chi connectivity index (χ0n) is 10.9. The Bertz CT molecular complexity index is 313. The van der Waals surface area contributed by atoms with Crippen LogP contribution in [0, 0.1) is 5.92 Å². The summed E-state index contributed by atoms with van der Waals surface area (Å²) in [5.74, 6) is 0.778. The van der Waals surface area contributed by atoms with Gasteiger partial charge in [0.05, 0.1) is 0 Å². The fourth-order valence-electron chi connectivity index (χ4n) is 2.54. The Morgan fingerprint density at radius 3 is 2.29 bits per heavy atom. The van der Waals surface area contributed by atoms with Crippen molar-refractivity contribution in [3.8, 4) is 0 Å². The molecule has 1 aliphatic rings. The summed E-state index contributed by atoms with van der Waals surface area (Å²) < 4.78 is 0. The molecule has 1 heterocycles. The lowest BCUT2D eigenvalue weighted by atomic mass is 9.99. The van der Waals surface area contributed by atoms with Crippen LogP contribution in [-0.4, -0.2) is 25.2 Å². The molecule has 1 aromatic rings. The first-order valence-electron chi connectivity index (χ1n) is 6.74. The van der Waals surface area contributed by atoms with Gasteiger partial charge >= 0.3 is 0 Å². The molecule has 1 aliphatic heterocycles. The number of benzene rings is 1. The highest BCUT2D eigenvalue weighted by Crippen LogP contribution is 2.09. The zero-order chi connectivity index (χ0) is 12.1. The summed E-state index contributed by atoms with van der Waals surface area (Å²) in [6.07, 6.45) is 2.40. The van der Waals surface area contributed by atoms with E-state index >= 15 is 0 Å². The van der Waals surface area contributed by atoms with Crippen molar-refractivity contribution in [2.75, 3.05) is 13.1 Å². The topological polar surface area (TPSA) is 24.1 Å². The molecule has 0 saturated carbocycles. The highest BCUT2D eigenvalue weighted by Gasteiger charge is 2.20. The molecule has 0 aliphatic carbocycles.